The highest BCUT2D eigenvalue weighted by molar-refractivity contribution is 7.99. The summed E-state index contributed by atoms with van der Waals surface area (Å²) in [6, 6.07) is 14.1. The summed E-state index contributed by atoms with van der Waals surface area (Å²) in [6.07, 6.45) is 4.44. The Morgan fingerprint density at radius 2 is 2.00 bits per heavy atom. The van der Waals surface area contributed by atoms with Gasteiger partial charge in [-0.05, 0) is 37.3 Å². The number of nitrogens with zero attached hydrogens (tertiary/aromatic N) is 1. The first kappa shape index (κ1) is 15.6. The number of thioether (sulfide) groups is 1. The minimum atomic E-state index is -0.0893. The monoisotopic (exact) mass is 300 g/mol. The Kier molecular flexibility index (Phi) is 5.81. The van der Waals surface area contributed by atoms with Crippen molar-refractivity contribution in [2.45, 2.75) is 19.4 Å². The van der Waals surface area contributed by atoms with E-state index in [1.54, 1.807) is 6.20 Å². The van der Waals surface area contributed by atoms with Crippen molar-refractivity contribution < 1.29 is 4.79 Å². The van der Waals surface area contributed by atoms with Gasteiger partial charge in [-0.1, -0.05) is 35.9 Å². The van der Waals surface area contributed by atoms with Crippen molar-refractivity contribution in [3.63, 3.8) is 0 Å². The number of hydrogen-bond acceptors (Lipinski definition) is 3. The zero-order valence-corrected chi connectivity index (χ0v) is 13.2. The summed E-state index contributed by atoms with van der Waals surface area (Å²) in [6.45, 7) is 2.07. The largest absolute Gasteiger partial charge is 0.347 e. The van der Waals surface area contributed by atoms with Gasteiger partial charge in [0.2, 0.25) is 5.91 Å². The van der Waals surface area contributed by atoms with Gasteiger partial charge in [-0.3, -0.25) is 9.78 Å². The average molecular weight is 300 g/mol. The number of pyridine rings is 1. The topological polar surface area (TPSA) is 42.0 Å². The molecule has 4 heteroatoms. The van der Waals surface area contributed by atoms with Crippen LogP contribution in [0.25, 0.3) is 0 Å². The summed E-state index contributed by atoms with van der Waals surface area (Å²) in [7, 11) is 0. The zero-order valence-electron chi connectivity index (χ0n) is 12.4. The van der Waals surface area contributed by atoms with Crippen LogP contribution in [0.3, 0.4) is 0 Å². The fourth-order valence-electron chi connectivity index (χ4n) is 2.14. The predicted octanol–water partition coefficient (Wildman–Crippen LogP) is 3.15. The van der Waals surface area contributed by atoms with Crippen LogP contribution in [0.4, 0.5) is 0 Å². The summed E-state index contributed by atoms with van der Waals surface area (Å²) >= 11 is 1.52. The minimum absolute atomic E-state index is 0.0465. The molecule has 21 heavy (non-hydrogen) atoms. The number of amides is 1. The van der Waals surface area contributed by atoms with E-state index in [1.165, 1.54) is 22.9 Å². The van der Waals surface area contributed by atoms with Crippen LogP contribution in [0.1, 0.15) is 22.9 Å². The summed E-state index contributed by atoms with van der Waals surface area (Å²) < 4.78 is 0. The van der Waals surface area contributed by atoms with E-state index < -0.39 is 0 Å². The molecule has 0 aliphatic carbocycles. The van der Waals surface area contributed by atoms with E-state index in [0.717, 1.165) is 12.1 Å². The first-order chi connectivity index (χ1) is 10.2. The zero-order chi connectivity index (χ0) is 15.1. The molecule has 1 atom stereocenters. The molecule has 0 bridgehead atoms. The lowest BCUT2D eigenvalue weighted by Gasteiger charge is -2.18. The SMILES string of the molecule is CSCC(=O)N[C@@H](Cc1ccc(C)cc1)c1ccccn1. The van der Waals surface area contributed by atoms with Crippen molar-refractivity contribution >= 4 is 17.7 Å². The maximum atomic E-state index is 11.9. The third kappa shape index (κ3) is 4.90. The molecule has 3 nitrogen and oxygen atoms in total. The molecular formula is C17H20N2OS. The summed E-state index contributed by atoms with van der Waals surface area (Å²) in [5.74, 6) is 0.516. The quantitative estimate of drug-likeness (QED) is 0.891. The number of carbonyl (C=O) groups is 1. The molecule has 0 aliphatic heterocycles. The van der Waals surface area contributed by atoms with Gasteiger partial charge in [-0.25, -0.2) is 0 Å². The van der Waals surface area contributed by atoms with Crippen molar-refractivity contribution in [3.8, 4) is 0 Å². The van der Waals surface area contributed by atoms with Gasteiger partial charge >= 0.3 is 0 Å². The minimum Gasteiger partial charge on any atom is -0.347 e. The van der Waals surface area contributed by atoms with Crippen molar-refractivity contribution in [1.82, 2.24) is 10.3 Å². The van der Waals surface area contributed by atoms with E-state index >= 15 is 0 Å². The molecule has 1 aromatic carbocycles. The van der Waals surface area contributed by atoms with Gasteiger partial charge in [-0.2, -0.15) is 11.8 Å². The second-order valence-electron chi connectivity index (χ2n) is 5.00. The van der Waals surface area contributed by atoms with Crippen LogP contribution >= 0.6 is 11.8 Å². The number of hydrogen-bond donors (Lipinski definition) is 1. The van der Waals surface area contributed by atoms with Crippen molar-refractivity contribution in [2.24, 2.45) is 0 Å². The maximum Gasteiger partial charge on any atom is 0.230 e. The van der Waals surface area contributed by atoms with Gasteiger partial charge in [0.05, 0.1) is 17.5 Å². The first-order valence-electron chi connectivity index (χ1n) is 6.94. The summed E-state index contributed by atoms with van der Waals surface area (Å²) in [5.41, 5.74) is 3.33. The van der Waals surface area contributed by atoms with E-state index in [1.807, 2.05) is 24.5 Å². The Morgan fingerprint density at radius 3 is 2.62 bits per heavy atom. The predicted molar refractivity (Wildman–Crippen MR) is 88.4 cm³/mol. The Balaban J connectivity index is 2.15. The lowest BCUT2D eigenvalue weighted by molar-refractivity contribution is -0.119. The number of rotatable bonds is 6. The molecular weight excluding hydrogens is 280 g/mol. The van der Waals surface area contributed by atoms with Gasteiger partial charge in [-0.15, -0.1) is 0 Å². The number of carbonyl (C=O) groups excluding carboxylic acids is 1. The summed E-state index contributed by atoms with van der Waals surface area (Å²) in [4.78, 5) is 16.3. The number of benzene rings is 1. The standard InChI is InChI=1S/C17H20N2OS/c1-13-6-8-14(9-7-13)11-16(19-17(20)12-21-2)15-5-3-4-10-18-15/h3-10,16H,11-12H2,1-2H3,(H,19,20)/t16-/m0/s1. The van der Waals surface area contributed by atoms with E-state index in [0.29, 0.717) is 5.75 Å². The number of aryl methyl sites for hydroxylation is 1. The van der Waals surface area contributed by atoms with Crippen molar-refractivity contribution in [3.05, 3.63) is 65.5 Å². The molecule has 2 aromatic rings. The van der Waals surface area contributed by atoms with E-state index in [4.69, 9.17) is 0 Å². The highest BCUT2D eigenvalue weighted by Gasteiger charge is 2.16. The highest BCUT2D eigenvalue weighted by Crippen LogP contribution is 2.17. The van der Waals surface area contributed by atoms with E-state index in [2.05, 4.69) is 41.5 Å². The molecule has 2 rings (SSSR count). The Bertz CT molecular complexity index is 569. The van der Waals surface area contributed by atoms with Crippen LogP contribution in [0.15, 0.2) is 48.7 Å². The molecule has 0 saturated carbocycles. The van der Waals surface area contributed by atoms with Crippen LogP contribution in [0.2, 0.25) is 0 Å². The van der Waals surface area contributed by atoms with Gasteiger partial charge < -0.3 is 5.32 Å². The fraction of sp³-hybridized carbons (Fsp3) is 0.294. The normalized spacial score (nSPS) is 11.9. The van der Waals surface area contributed by atoms with Crippen LogP contribution in [-0.2, 0) is 11.2 Å². The van der Waals surface area contributed by atoms with E-state index in [9.17, 15) is 4.79 Å². The first-order valence-corrected chi connectivity index (χ1v) is 8.33. The molecule has 0 fully saturated rings. The average Bonchev–Trinajstić information content (AvgIpc) is 2.50. The lowest BCUT2D eigenvalue weighted by atomic mass is 10.0. The Morgan fingerprint density at radius 1 is 1.24 bits per heavy atom. The molecule has 0 radical (unpaired) electrons. The van der Waals surface area contributed by atoms with Gasteiger partial charge in [0.1, 0.15) is 0 Å². The number of nitrogens with one attached hydrogen (secondary N) is 1. The van der Waals surface area contributed by atoms with Gasteiger partial charge in [0, 0.05) is 6.20 Å². The molecule has 1 aromatic heterocycles. The molecule has 0 spiro atoms. The second-order valence-corrected chi connectivity index (χ2v) is 5.86. The Hall–Kier alpha value is -1.81. The molecule has 110 valence electrons. The van der Waals surface area contributed by atoms with Crippen LogP contribution < -0.4 is 5.32 Å². The molecule has 0 saturated heterocycles. The molecule has 1 heterocycles. The van der Waals surface area contributed by atoms with E-state index in [-0.39, 0.29) is 11.9 Å². The van der Waals surface area contributed by atoms with Crippen LogP contribution in [0.5, 0.6) is 0 Å². The maximum absolute atomic E-state index is 11.9. The smallest absolute Gasteiger partial charge is 0.230 e. The lowest BCUT2D eigenvalue weighted by Crippen LogP contribution is -2.31. The van der Waals surface area contributed by atoms with Crippen molar-refractivity contribution in [2.75, 3.05) is 12.0 Å². The van der Waals surface area contributed by atoms with Crippen LogP contribution in [0, 0.1) is 6.92 Å². The third-order valence-corrected chi connectivity index (χ3v) is 3.77. The second kappa shape index (κ2) is 7.84. The fourth-order valence-corrected chi connectivity index (χ4v) is 2.48. The molecule has 0 aliphatic rings. The van der Waals surface area contributed by atoms with Gasteiger partial charge in [0.15, 0.2) is 0 Å². The van der Waals surface area contributed by atoms with Crippen LogP contribution in [-0.4, -0.2) is 22.9 Å². The molecule has 1 amide bonds. The highest BCUT2D eigenvalue weighted by atomic mass is 32.2. The molecule has 1 N–H and O–H groups in total. The number of aromatic nitrogens is 1. The van der Waals surface area contributed by atoms with Gasteiger partial charge in [0.25, 0.3) is 0 Å². The third-order valence-electron chi connectivity index (χ3n) is 3.22. The molecule has 0 unspecified atom stereocenters. The Labute approximate surface area is 130 Å². The summed E-state index contributed by atoms with van der Waals surface area (Å²) in [5, 5.41) is 3.08. The van der Waals surface area contributed by atoms with Crippen molar-refractivity contribution in [1.29, 1.82) is 0 Å².